The molecule has 0 amide bonds. The summed E-state index contributed by atoms with van der Waals surface area (Å²) in [4.78, 5) is 12.4. The topological polar surface area (TPSA) is 61.5 Å². The van der Waals surface area contributed by atoms with E-state index in [1.54, 1.807) is 32.4 Å². The smallest absolute Gasteiger partial charge is 0.166 e. The monoisotopic (exact) mass is 249 g/mol. The first-order valence-corrected chi connectivity index (χ1v) is 6.17. The van der Waals surface area contributed by atoms with E-state index in [1.807, 2.05) is 0 Å². The predicted molar refractivity (Wildman–Crippen MR) is 69.2 cm³/mol. The van der Waals surface area contributed by atoms with Crippen molar-refractivity contribution in [1.82, 2.24) is 0 Å². The lowest BCUT2D eigenvalue weighted by Crippen LogP contribution is -2.18. The number of Topliss-reactive ketones (excluding diaryl/α,β-unsaturated/α-hetero) is 1. The third-order valence-electron chi connectivity index (χ3n) is 3.48. The Morgan fingerprint density at radius 1 is 1.17 bits per heavy atom. The highest BCUT2D eigenvalue weighted by Gasteiger charge is 2.28. The van der Waals surface area contributed by atoms with Crippen molar-refractivity contribution in [2.45, 2.75) is 25.3 Å². The first kappa shape index (κ1) is 12.9. The summed E-state index contributed by atoms with van der Waals surface area (Å²) in [6.07, 6.45) is 2.58. The zero-order valence-corrected chi connectivity index (χ0v) is 10.8. The van der Waals surface area contributed by atoms with E-state index in [-0.39, 0.29) is 17.7 Å². The summed E-state index contributed by atoms with van der Waals surface area (Å²) in [5, 5.41) is 0. The van der Waals surface area contributed by atoms with Crippen LogP contribution in [0.4, 0.5) is 0 Å². The Kier molecular flexibility index (Phi) is 3.87. The molecule has 2 atom stereocenters. The van der Waals surface area contributed by atoms with Crippen LogP contribution in [0.1, 0.15) is 29.6 Å². The maximum atomic E-state index is 12.4. The number of hydrogen-bond donors (Lipinski definition) is 1. The van der Waals surface area contributed by atoms with Gasteiger partial charge in [0, 0.05) is 23.6 Å². The normalized spacial score (nSPS) is 22.8. The van der Waals surface area contributed by atoms with Crippen molar-refractivity contribution in [3.63, 3.8) is 0 Å². The summed E-state index contributed by atoms with van der Waals surface area (Å²) in [6, 6.07) is 5.44. The van der Waals surface area contributed by atoms with Crippen LogP contribution < -0.4 is 15.2 Å². The molecule has 0 saturated heterocycles. The number of ether oxygens (including phenoxy) is 2. The van der Waals surface area contributed by atoms with E-state index in [4.69, 9.17) is 15.2 Å². The largest absolute Gasteiger partial charge is 0.497 e. The molecule has 0 aromatic heterocycles. The summed E-state index contributed by atoms with van der Waals surface area (Å²) >= 11 is 0. The second kappa shape index (κ2) is 5.40. The Morgan fingerprint density at radius 2 is 1.78 bits per heavy atom. The molecular formula is C14H19NO3. The number of hydrogen-bond acceptors (Lipinski definition) is 4. The SMILES string of the molecule is COc1cc(OC)cc(C(=O)C2CCC(N)C2)c1. The van der Waals surface area contributed by atoms with Crippen LogP contribution in [-0.4, -0.2) is 26.0 Å². The first-order valence-electron chi connectivity index (χ1n) is 6.17. The van der Waals surface area contributed by atoms with Gasteiger partial charge < -0.3 is 15.2 Å². The minimum Gasteiger partial charge on any atom is -0.497 e. The Balaban J connectivity index is 2.24. The molecule has 2 rings (SSSR count). The summed E-state index contributed by atoms with van der Waals surface area (Å²) in [7, 11) is 3.16. The Hall–Kier alpha value is -1.55. The average Bonchev–Trinajstić information content (AvgIpc) is 2.83. The average molecular weight is 249 g/mol. The molecule has 4 nitrogen and oxygen atoms in total. The van der Waals surface area contributed by atoms with Gasteiger partial charge in [0.15, 0.2) is 5.78 Å². The van der Waals surface area contributed by atoms with E-state index in [2.05, 4.69) is 0 Å². The maximum Gasteiger partial charge on any atom is 0.166 e. The molecule has 98 valence electrons. The molecule has 1 aromatic carbocycles. The third kappa shape index (κ3) is 2.64. The first-order chi connectivity index (χ1) is 8.63. The number of methoxy groups -OCH3 is 2. The van der Waals surface area contributed by atoms with E-state index >= 15 is 0 Å². The van der Waals surface area contributed by atoms with Crippen molar-refractivity contribution in [3.8, 4) is 11.5 Å². The van der Waals surface area contributed by atoms with E-state index in [0.717, 1.165) is 19.3 Å². The molecule has 2 unspecified atom stereocenters. The molecule has 1 fully saturated rings. The molecular weight excluding hydrogens is 230 g/mol. The molecule has 2 N–H and O–H groups in total. The van der Waals surface area contributed by atoms with Gasteiger partial charge in [-0.15, -0.1) is 0 Å². The van der Waals surface area contributed by atoms with Gasteiger partial charge in [-0.05, 0) is 31.4 Å². The molecule has 1 aromatic rings. The fraction of sp³-hybridized carbons (Fsp3) is 0.500. The van der Waals surface area contributed by atoms with Crippen molar-refractivity contribution >= 4 is 5.78 Å². The molecule has 1 aliphatic carbocycles. The van der Waals surface area contributed by atoms with Crippen molar-refractivity contribution in [2.75, 3.05) is 14.2 Å². The second-order valence-electron chi connectivity index (χ2n) is 4.74. The quantitative estimate of drug-likeness (QED) is 0.829. The summed E-state index contributed by atoms with van der Waals surface area (Å²) in [5.74, 6) is 1.46. The molecule has 1 aliphatic rings. The zero-order valence-electron chi connectivity index (χ0n) is 10.8. The van der Waals surface area contributed by atoms with Gasteiger partial charge in [0.1, 0.15) is 11.5 Å². The molecule has 18 heavy (non-hydrogen) atoms. The van der Waals surface area contributed by atoms with Crippen LogP contribution >= 0.6 is 0 Å². The number of nitrogens with two attached hydrogens (primary N) is 1. The lowest BCUT2D eigenvalue weighted by molar-refractivity contribution is 0.0921. The van der Waals surface area contributed by atoms with Gasteiger partial charge in [-0.2, -0.15) is 0 Å². The molecule has 0 radical (unpaired) electrons. The number of rotatable bonds is 4. The van der Waals surface area contributed by atoms with Gasteiger partial charge in [0.25, 0.3) is 0 Å². The van der Waals surface area contributed by atoms with Crippen molar-refractivity contribution < 1.29 is 14.3 Å². The van der Waals surface area contributed by atoms with Gasteiger partial charge in [-0.3, -0.25) is 4.79 Å². The minimum absolute atomic E-state index is 0.0387. The van der Waals surface area contributed by atoms with E-state index in [9.17, 15) is 4.79 Å². The van der Waals surface area contributed by atoms with Gasteiger partial charge in [0.2, 0.25) is 0 Å². The van der Waals surface area contributed by atoms with Crippen molar-refractivity contribution in [1.29, 1.82) is 0 Å². The number of carbonyl (C=O) groups is 1. The molecule has 0 heterocycles. The van der Waals surface area contributed by atoms with E-state index < -0.39 is 0 Å². The lowest BCUT2D eigenvalue weighted by atomic mass is 9.96. The molecule has 0 spiro atoms. The Morgan fingerprint density at radius 3 is 2.22 bits per heavy atom. The van der Waals surface area contributed by atoms with E-state index in [0.29, 0.717) is 17.1 Å². The molecule has 0 aliphatic heterocycles. The van der Waals surface area contributed by atoms with Gasteiger partial charge in [0.05, 0.1) is 14.2 Å². The minimum atomic E-state index is 0.0387. The van der Waals surface area contributed by atoms with Crippen molar-refractivity contribution in [3.05, 3.63) is 23.8 Å². The third-order valence-corrected chi connectivity index (χ3v) is 3.48. The van der Waals surface area contributed by atoms with Gasteiger partial charge in [-0.1, -0.05) is 0 Å². The van der Waals surface area contributed by atoms with Gasteiger partial charge in [-0.25, -0.2) is 0 Å². The molecule has 4 heteroatoms. The standard InChI is InChI=1S/C14H19NO3/c1-17-12-6-10(7-13(8-12)18-2)14(16)9-3-4-11(15)5-9/h6-9,11H,3-5,15H2,1-2H3. The zero-order chi connectivity index (χ0) is 13.1. The molecule has 1 saturated carbocycles. The number of benzene rings is 1. The summed E-state index contributed by atoms with van der Waals surface area (Å²) in [6.45, 7) is 0. The van der Waals surface area contributed by atoms with Crippen LogP contribution in [0, 0.1) is 5.92 Å². The van der Waals surface area contributed by atoms with Gasteiger partial charge >= 0.3 is 0 Å². The van der Waals surface area contributed by atoms with E-state index in [1.165, 1.54) is 0 Å². The number of carbonyl (C=O) groups excluding carboxylic acids is 1. The van der Waals surface area contributed by atoms with Crippen LogP contribution in [0.3, 0.4) is 0 Å². The fourth-order valence-electron chi connectivity index (χ4n) is 2.44. The summed E-state index contributed by atoms with van der Waals surface area (Å²) in [5.41, 5.74) is 6.50. The lowest BCUT2D eigenvalue weighted by Gasteiger charge is -2.11. The highest BCUT2D eigenvalue weighted by Crippen LogP contribution is 2.30. The van der Waals surface area contributed by atoms with Crippen LogP contribution in [0.2, 0.25) is 0 Å². The summed E-state index contributed by atoms with van der Waals surface area (Å²) < 4.78 is 10.3. The Labute approximate surface area is 107 Å². The van der Waals surface area contributed by atoms with Crippen LogP contribution in [-0.2, 0) is 0 Å². The molecule has 0 bridgehead atoms. The Bertz CT molecular complexity index is 422. The highest BCUT2D eigenvalue weighted by molar-refractivity contribution is 5.98. The highest BCUT2D eigenvalue weighted by atomic mass is 16.5. The second-order valence-corrected chi connectivity index (χ2v) is 4.74. The number of ketones is 1. The predicted octanol–water partition coefficient (Wildman–Crippen LogP) is 2.01. The van der Waals surface area contributed by atoms with Crippen LogP contribution in [0.25, 0.3) is 0 Å². The maximum absolute atomic E-state index is 12.4. The van der Waals surface area contributed by atoms with Crippen molar-refractivity contribution in [2.24, 2.45) is 11.7 Å². The van der Waals surface area contributed by atoms with Crippen LogP contribution in [0.5, 0.6) is 11.5 Å². The van der Waals surface area contributed by atoms with Crippen LogP contribution in [0.15, 0.2) is 18.2 Å². The fourth-order valence-corrected chi connectivity index (χ4v) is 2.44.